The molecule has 13 heavy (non-hydrogen) atoms. The Labute approximate surface area is 83.6 Å². The first-order chi connectivity index (χ1) is 6.20. The Morgan fingerprint density at radius 1 is 1.46 bits per heavy atom. The number of hydrogen-bond acceptors (Lipinski definition) is 3. The number of rotatable bonds is 5. The van der Waals surface area contributed by atoms with Crippen molar-refractivity contribution in [1.82, 2.24) is 5.32 Å². The van der Waals surface area contributed by atoms with Crippen molar-refractivity contribution in [2.45, 2.75) is 20.0 Å². The summed E-state index contributed by atoms with van der Waals surface area (Å²) in [5.74, 6) is 0.635. The van der Waals surface area contributed by atoms with E-state index in [0.717, 1.165) is 11.4 Å². The first kappa shape index (κ1) is 10.7. The third-order valence-electron chi connectivity index (χ3n) is 1.76. The molecule has 1 rings (SSSR count). The zero-order valence-corrected chi connectivity index (χ0v) is 8.97. The van der Waals surface area contributed by atoms with Crippen molar-refractivity contribution < 1.29 is 5.11 Å². The van der Waals surface area contributed by atoms with Gasteiger partial charge in [-0.2, -0.15) is 0 Å². The first-order valence-electron chi connectivity index (χ1n) is 4.62. The van der Waals surface area contributed by atoms with Gasteiger partial charge >= 0.3 is 0 Å². The molecular formula is C10H17NOS. The van der Waals surface area contributed by atoms with E-state index in [4.69, 9.17) is 0 Å². The van der Waals surface area contributed by atoms with Gasteiger partial charge in [-0.1, -0.05) is 19.9 Å². The van der Waals surface area contributed by atoms with E-state index >= 15 is 0 Å². The maximum atomic E-state index is 9.67. The highest BCUT2D eigenvalue weighted by Gasteiger charge is 2.07. The van der Waals surface area contributed by atoms with Gasteiger partial charge in [-0.3, -0.25) is 0 Å². The third kappa shape index (κ3) is 3.89. The lowest BCUT2D eigenvalue weighted by molar-refractivity contribution is 0.177. The smallest absolute Gasteiger partial charge is 0.101 e. The molecule has 0 saturated carbocycles. The Morgan fingerprint density at radius 2 is 2.23 bits per heavy atom. The number of hydrogen-bond donors (Lipinski definition) is 2. The van der Waals surface area contributed by atoms with Gasteiger partial charge in [-0.25, -0.2) is 0 Å². The summed E-state index contributed by atoms with van der Waals surface area (Å²) in [5, 5.41) is 14.9. The van der Waals surface area contributed by atoms with Crippen LogP contribution in [0.4, 0.5) is 0 Å². The lowest BCUT2D eigenvalue weighted by atomic mass is 10.2. The second kappa shape index (κ2) is 5.37. The van der Waals surface area contributed by atoms with Crippen LogP contribution in [-0.2, 0) is 0 Å². The van der Waals surface area contributed by atoms with Crippen LogP contribution in [0.25, 0.3) is 0 Å². The van der Waals surface area contributed by atoms with Crippen molar-refractivity contribution in [3.63, 3.8) is 0 Å². The van der Waals surface area contributed by atoms with Crippen LogP contribution in [0.1, 0.15) is 24.8 Å². The molecule has 0 aliphatic carbocycles. The van der Waals surface area contributed by atoms with E-state index in [1.807, 2.05) is 17.5 Å². The van der Waals surface area contributed by atoms with Crippen LogP contribution < -0.4 is 5.32 Å². The maximum absolute atomic E-state index is 9.67. The van der Waals surface area contributed by atoms with Gasteiger partial charge in [-0.05, 0) is 23.9 Å². The molecule has 0 fully saturated rings. The number of aliphatic hydroxyl groups excluding tert-OH is 1. The molecule has 0 aromatic carbocycles. The predicted octanol–water partition coefficient (Wildman–Crippen LogP) is 2.03. The fourth-order valence-corrected chi connectivity index (χ4v) is 1.80. The Bertz CT molecular complexity index is 221. The van der Waals surface area contributed by atoms with Crippen LogP contribution in [-0.4, -0.2) is 18.2 Å². The third-order valence-corrected chi connectivity index (χ3v) is 2.74. The molecule has 1 aromatic heterocycles. The average molecular weight is 199 g/mol. The maximum Gasteiger partial charge on any atom is 0.101 e. The van der Waals surface area contributed by atoms with Crippen LogP contribution in [0.3, 0.4) is 0 Å². The Hall–Kier alpha value is -0.380. The van der Waals surface area contributed by atoms with Crippen molar-refractivity contribution in [2.24, 2.45) is 5.92 Å². The van der Waals surface area contributed by atoms with E-state index in [-0.39, 0.29) is 6.10 Å². The van der Waals surface area contributed by atoms with Crippen molar-refractivity contribution in [3.05, 3.63) is 22.4 Å². The fraction of sp³-hybridized carbons (Fsp3) is 0.600. The lowest BCUT2D eigenvalue weighted by Gasteiger charge is -2.11. The molecule has 2 nitrogen and oxygen atoms in total. The molecule has 1 unspecified atom stereocenters. The molecule has 74 valence electrons. The average Bonchev–Trinajstić information content (AvgIpc) is 2.55. The zero-order valence-electron chi connectivity index (χ0n) is 8.16. The highest BCUT2D eigenvalue weighted by molar-refractivity contribution is 7.10. The molecule has 3 heteroatoms. The highest BCUT2D eigenvalue weighted by Crippen LogP contribution is 2.17. The molecular weight excluding hydrogens is 182 g/mol. The van der Waals surface area contributed by atoms with Crippen molar-refractivity contribution >= 4 is 11.3 Å². The summed E-state index contributed by atoms with van der Waals surface area (Å²) < 4.78 is 0. The Balaban J connectivity index is 2.22. The van der Waals surface area contributed by atoms with Gasteiger partial charge in [0.05, 0.1) is 0 Å². The molecule has 0 aliphatic heterocycles. The number of aliphatic hydroxyl groups is 1. The molecule has 1 heterocycles. The monoisotopic (exact) mass is 199 g/mol. The largest absolute Gasteiger partial charge is 0.386 e. The number of thiophene rings is 1. The van der Waals surface area contributed by atoms with E-state index in [1.165, 1.54) is 0 Å². The topological polar surface area (TPSA) is 32.3 Å². The Kier molecular flexibility index (Phi) is 4.42. The van der Waals surface area contributed by atoms with E-state index < -0.39 is 0 Å². The van der Waals surface area contributed by atoms with E-state index in [0.29, 0.717) is 12.5 Å². The summed E-state index contributed by atoms with van der Waals surface area (Å²) in [7, 11) is 0. The molecule has 0 bridgehead atoms. The normalized spacial score (nSPS) is 13.5. The quantitative estimate of drug-likeness (QED) is 0.760. The second-order valence-electron chi connectivity index (χ2n) is 3.58. The van der Waals surface area contributed by atoms with Gasteiger partial charge in [0, 0.05) is 11.4 Å². The summed E-state index contributed by atoms with van der Waals surface area (Å²) in [5.41, 5.74) is 0. The van der Waals surface area contributed by atoms with Crippen LogP contribution in [0.2, 0.25) is 0 Å². The number of nitrogens with one attached hydrogen (secondary N) is 1. The van der Waals surface area contributed by atoms with Crippen LogP contribution in [0, 0.1) is 5.92 Å². The summed E-state index contributed by atoms with van der Waals surface area (Å²) in [4.78, 5) is 1.04. The molecule has 0 amide bonds. The van der Waals surface area contributed by atoms with Gasteiger partial charge in [0.2, 0.25) is 0 Å². The highest BCUT2D eigenvalue weighted by atomic mass is 32.1. The molecule has 2 N–H and O–H groups in total. The summed E-state index contributed by atoms with van der Waals surface area (Å²) in [6, 6.07) is 3.93. The van der Waals surface area contributed by atoms with Gasteiger partial charge in [0.15, 0.2) is 0 Å². The predicted molar refractivity (Wildman–Crippen MR) is 57.0 cm³/mol. The van der Waals surface area contributed by atoms with Gasteiger partial charge in [0.25, 0.3) is 0 Å². The van der Waals surface area contributed by atoms with Crippen molar-refractivity contribution in [2.75, 3.05) is 13.1 Å². The molecule has 1 atom stereocenters. The van der Waals surface area contributed by atoms with Gasteiger partial charge in [0.1, 0.15) is 6.10 Å². The first-order valence-corrected chi connectivity index (χ1v) is 5.50. The van der Waals surface area contributed by atoms with Crippen molar-refractivity contribution in [3.8, 4) is 0 Å². The van der Waals surface area contributed by atoms with E-state index in [2.05, 4.69) is 19.2 Å². The standard InChI is InChI=1S/C10H17NOS/c1-8(2)6-11-7-9(12)10-4-3-5-13-10/h3-5,8-9,11-12H,6-7H2,1-2H3. The SMILES string of the molecule is CC(C)CNCC(O)c1cccs1. The molecule has 0 radical (unpaired) electrons. The zero-order chi connectivity index (χ0) is 9.68. The van der Waals surface area contributed by atoms with Gasteiger partial charge < -0.3 is 10.4 Å². The molecule has 0 saturated heterocycles. The molecule has 0 aliphatic rings. The van der Waals surface area contributed by atoms with E-state index in [9.17, 15) is 5.11 Å². The summed E-state index contributed by atoms with van der Waals surface area (Å²) >= 11 is 1.60. The summed E-state index contributed by atoms with van der Waals surface area (Å²) in [6.45, 7) is 5.93. The van der Waals surface area contributed by atoms with Crippen LogP contribution in [0.15, 0.2) is 17.5 Å². The van der Waals surface area contributed by atoms with Crippen molar-refractivity contribution in [1.29, 1.82) is 0 Å². The molecule has 0 spiro atoms. The summed E-state index contributed by atoms with van der Waals surface area (Å²) in [6.07, 6.45) is -0.348. The van der Waals surface area contributed by atoms with Gasteiger partial charge in [-0.15, -0.1) is 11.3 Å². The Morgan fingerprint density at radius 3 is 2.77 bits per heavy atom. The van der Waals surface area contributed by atoms with Crippen LogP contribution in [0.5, 0.6) is 0 Å². The molecule has 1 aromatic rings. The minimum absolute atomic E-state index is 0.348. The second-order valence-corrected chi connectivity index (χ2v) is 4.56. The lowest BCUT2D eigenvalue weighted by Crippen LogP contribution is -2.24. The fourth-order valence-electron chi connectivity index (χ4n) is 1.09. The van der Waals surface area contributed by atoms with E-state index in [1.54, 1.807) is 11.3 Å². The minimum Gasteiger partial charge on any atom is -0.386 e. The minimum atomic E-state index is -0.348. The van der Waals surface area contributed by atoms with Crippen LogP contribution >= 0.6 is 11.3 Å².